The van der Waals surface area contributed by atoms with Crippen molar-refractivity contribution in [3.63, 3.8) is 0 Å². The number of nitrogens with one attached hydrogen (secondary N) is 1. The number of aromatic nitrogens is 1. The molecule has 6 heteroatoms. The summed E-state index contributed by atoms with van der Waals surface area (Å²) in [6.07, 6.45) is 1.52. The molecule has 0 saturated carbocycles. The molecule has 0 saturated heterocycles. The number of nitrogens with zero attached hydrogens (tertiary/aromatic N) is 1. The number of hydrogen-bond acceptors (Lipinski definition) is 3. The molecule has 0 bridgehead atoms. The van der Waals surface area contributed by atoms with Crippen LogP contribution in [0.1, 0.15) is 10.4 Å². The summed E-state index contributed by atoms with van der Waals surface area (Å²) >= 11 is 10.4. The van der Waals surface area contributed by atoms with Crippen LogP contribution in [0.3, 0.4) is 0 Å². The summed E-state index contributed by atoms with van der Waals surface area (Å²) in [4.78, 5) is 15.6. The van der Waals surface area contributed by atoms with Crippen molar-refractivity contribution in [3.8, 4) is 0 Å². The van der Waals surface area contributed by atoms with Crippen molar-refractivity contribution < 1.29 is 4.79 Å². The molecule has 0 spiro atoms. The molecule has 2 heterocycles. The van der Waals surface area contributed by atoms with Crippen LogP contribution in [0.2, 0.25) is 5.15 Å². The third-order valence-corrected chi connectivity index (χ3v) is 3.54. The first-order chi connectivity index (χ1) is 7.65. The molecule has 1 N–H and O–H groups in total. The largest absolute Gasteiger partial charge is 0.321 e. The number of carbonyl (C=O) groups is 1. The molecule has 3 nitrogen and oxygen atoms in total. The number of halogens is 2. The molecule has 82 valence electrons. The average Bonchev–Trinajstić information content (AvgIpc) is 2.68. The fourth-order valence-corrected chi connectivity index (χ4v) is 2.33. The van der Waals surface area contributed by atoms with E-state index >= 15 is 0 Å². The Hall–Kier alpha value is -0.910. The van der Waals surface area contributed by atoms with E-state index in [0.29, 0.717) is 16.4 Å². The molecular weight excluding hydrogens is 312 g/mol. The summed E-state index contributed by atoms with van der Waals surface area (Å²) in [6.45, 7) is 0. The van der Waals surface area contributed by atoms with E-state index in [1.807, 2.05) is 0 Å². The van der Waals surface area contributed by atoms with Crippen LogP contribution >= 0.6 is 38.9 Å². The Bertz CT molecular complexity index is 512. The van der Waals surface area contributed by atoms with E-state index in [4.69, 9.17) is 11.6 Å². The Morgan fingerprint density at radius 2 is 2.31 bits per heavy atom. The summed E-state index contributed by atoms with van der Waals surface area (Å²) in [5.41, 5.74) is 1.24. The van der Waals surface area contributed by atoms with Crippen LogP contribution in [-0.2, 0) is 0 Å². The maximum atomic E-state index is 11.7. The van der Waals surface area contributed by atoms with Gasteiger partial charge in [0, 0.05) is 5.38 Å². The quantitative estimate of drug-likeness (QED) is 0.856. The highest BCUT2D eigenvalue weighted by Gasteiger charge is 2.08. The predicted octanol–water partition coefficient (Wildman–Crippen LogP) is 3.81. The van der Waals surface area contributed by atoms with E-state index in [9.17, 15) is 4.79 Å². The SMILES string of the molecule is O=C(Nc1ccc(Cl)nc1)c1csc(Br)c1. The number of thiophene rings is 1. The molecular formula is C10H6BrClN2OS. The minimum absolute atomic E-state index is 0.161. The Morgan fingerprint density at radius 3 is 2.88 bits per heavy atom. The van der Waals surface area contributed by atoms with Crippen LogP contribution < -0.4 is 5.32 Å². The Labute approximate surface area is 110 Å². The summed E-state index contributed by atoms with van der Waals surface area (Å²) in [5, 5.41) is 4.90. The van der Waals surface area contributed by atoms with Gasteiger partial charge in [0.25, 0.3) is 5.91 Å². The van der Waals surface area contributed by atoms with Gasteiger partial charge in [-0.25, -0.2) is 4.98 Å². The lowest BCUT2D eigenvalue weighted by Gasteiger charge is -2.02. The lowest BCUT2D eigenvalue weighted by molar-refractivity contribution is 0.102. The second kappa shape index (κ2) is 4.95. The van der Waals surface area contributed by atoms with Crippen molar-refractivity contribution in [1.29, 1.82) is 0 Å². The van der Waals surface area contributed by atoms with E-state index < -0.39 is 0 Å². The fraction of sp³-hybridized carbons (Fsp3) is 0. The van der Waals surface area contributed by atoms with E-state index in [1.165, 1.54) is 17.5 Å². The van der Waals surface area contributed by atoms with Gasteiger partial charge >= 0.3 is 0 Å². The zero-order valence-electron chi connectivity index (χ0n) is 7.91. The molecule has 0 radical (unpaired) electrons. The van der Waals surface area contributed by atoms with E-state index in [-0.39, 0.29) is 5.91 Å². The van der Waals surface area contributed by atoms with Gasteiger partial charge in [-0.1, -0.05) is 11.6 Å². The molecule has 0 aliphatic rings. The first-order valence-corrected chi connectivity index (χ1v) is 6.37. The van der Waals surface area contributed by atoms with Crippen molar-refractivity contribution in [1.82, 2.24) is 4.98 Å². The van der Waals surface area contributed by atoms with Crippen LogP contribution in [0.25, 0.3) is 0 Å². The highest BCUT2D eigenvalue weighted by Crippen LogP contribution is 2.21. The predicted molar refractivity (Wildman–Crippen MR) is 69.2 cm³/mol. The minimum Gasteiger partial charge on any atom is -0.321 e. The first-order valence-electron chi connectivity index (χ1n) is 4.32. The first kappa shape index (κ1) is 11.6. The molecule has 2 aromatic rings. The van der Waals surface area contributed by atoms with Gasteiger partial charge in [-0.3, -0.25) is 4.79 Å². The molecule has 0 aliphatic carbocycles. The molecule has 1 amide bonds. The molecule has 0 aromatic carbocycles. The highest BCUT2D eigenvalue weighted by atomic mass is 79.9. The smallest absolute Gasteiger partial charge is 0.256 e. The van der Waals surface area contributed by atoms with Crippen LogP contribution in [-0.4, -0.2) is 10.9 Å². The van der Waals surface area contributed by atoms with Crippen LogP contribution in [0, 0.1) is 0 Å². The number of pyridine rings is 1. The maximum absolute atomic E-state index is 11.7. The summed E-state index contributed by atoms with van der Waals surface area (Å²) in [7, 11) is 0. The summed E-state index contributed by atoms with van der Waals surface area (Å²) in [6, 6.07) is 5.10. The fourth-order valence-electron chi connectivity index (χ4n) is 1.08. The summed E-state index contributed by atoms with van der Waals surface area (Å²) < 4.78 is 0.923. The molecule has 0 unspecified atom stereocenters. The number of carbonyl (C=O) groups excluding carboxylic acids is 1. The lowest BCUT2D eigenvalue weighted by Crippen LogP contribution is -2.10. The third-order valence-electron chi connectivity index (χ3n) is 1.81. The van der Waals surface area contributed by atoms with Crippen molar-refractivity contribution in [2.75, 3.05) is 5.32 Å². The molecule has 0 atom stereocenters. The standard InChI is InChI=1S/C10H6BrClN2OS/c11-8-3-6(5-16-8)10(15)14-7-1-2-9(12)13-4-7/h1-5H,(H,14,15). The normalized spacial score (nSPS) is 10.1. The topological polar surface area (TPSA) is 42.0 Å². The Kier molecular flexibility index (Phi) is 3.58. The van der Waals surface area contributed by atoms with Crippen LogP contribution in [0.5, 0.6) is 0 Å². The van der Waals surface area contributed by atoms with E-state index in [0.717, 1.165) is 3.79 Å². The Balaban J connectivity index is 2.10. The second-order valence-corrected chi connectivity index (χ2v) is 5.64. The van der Waals surface area contributed by atoms with Gasteiger partial charge in [0.15, 0.2) is 0 Å². The van der Waals surface area contributed by atoms with Crippen molar-refractivity contribution in [3.05, 3.63) is 44.3 Å². The lowest BCUT2D eigenvalue weighted by atomic mass is 10.3. The maximum Gasteiger partial charge on any atom is 0.256 e. The second-order valence-electron chi connectivity index (χ2n) is 2.96. The number of rotatable bonds is 2. The molecule has 16 heavy (non-hydrogen) atoms. The van der Waals surface area contributed by atoms with E-state index in [2.05, 4.69) is 26.2 Å². The summed E-state index contributed by atoms with van der Waals surface area (Å²) in [5.74, 6) is -0.161. The number of anilines is 1. The zero-order chi connectivity index (χ0) is 11.5. The van der Waals surface area contributed by atoms with Gasteiger partial charge in [0.1, 0.15) is 5.15 Å². The van der Waals surface area contributed by atoms with Crippen molar-refractivity contribution in [2.45, 2.75) is 0 Å². The molecule has 0 fully saturated rings. The van der Waals surface area contributed by atoms with Gasteiger partial charge in [-0.05, 0) is 34.1 Å². The van der Waals surface area contributed by atoms with E-state index in [1.54, 1.807) is 23.6 Å². The Morgan fingerprint density at radius 1 is 1.50 bits per heavy atom. The monoisotopic (exact) mass is 316 g/mol. The molecule has 2 rings (SSSR count). The van der Waals surface area contributed by atoms with Gasteiger partial charge < -0.3 is 5.32 Å². The van der Waals surface area contributed by atoms with Gasteiger partial charge in [-0.2, -0.15) is 0 Å². The third kappa shape index (κ3) is 2.81. The highest BCUT2D eigenvalue weighted by molar-refractivity contribution is 9.11. The van der Waals surface area contributed by atoms with Gasteiger partial charge in [0.05, 0.1) is 21.2 Å². The van der Waals surface area contributed by atoms with Crippen molar-refractivity contribution in [2.24, 2.45) is 0 Å². The van der Waals surface area contributed by atoms with Crippen LogP contribution in [0.15, 0.2) is 33.6 Å². The van der Waals surface area contributed by atoms with Gasteiger partial charge in [-0.15, -0.1) is 11.3 Å². The zero-order valence-corrected chi connectivity index (χ0v) is 11.1. The number of hydrogen-bond donors (Lipinski definition) is 1. The average molecular weight is 318 g/mol. The van der Waals surface area contributed by atoms with Gasteiger partial charge in [0.2, 0.25) is 0 Å². The molecule has 0 aliphatic heterocycles. The number of amides is 1. The van der Waals surface area contributed by atoms with Crippen LogP contribution in [0.4, 0.5) is 5.69 Å². The minimum atomic E-state index is -0.161. The van der Waals surface area contributed by atoms with Crippen molar-refractivity contribution >= 4 is 50.5 Å². The molecule has 2 aromatic heterocycles.